The van der Waals surface area contributed by atoms with Crippen molar-refractivity contribution in [1.82, 2.24) is 20.2 Å². The Morgan fingerprint density at radius 1 is 1.16 bits per heavy atom. The van der Waals surface area contributed by atoms with Crippen molar-refractivity contribution >= 4 is 11.9 Å². The number of anilines is 1. The Hall–Kier alpha value is -2.38. The Kier molecular flexibility index (Phi) is 3.97. The summed E-state index contributed by atoms with van der Waals surface area (Å²) in [6.07, 6.45) is 2.62. The number of piperidine rings is 1. The number of carbonyl (C=O) groups excluding carboxylic acids is 1. The van der Waals surface area contributed by atoms with Gasteiger partial charge in [0, 0.05) is 31.1 Å². The summed E-state index contributed by atoms with van der Waals surface area (Å²) in [6.45, 7) is 7.74. The lowest BCUT2D eigenvalue weighted by Gasteiger charge is -2.35. The van der Waals surface area contributed by atoms with Crippen molar-refractivity contribution in [2.45, 2.75) is 52.6 Å². The second-order valence-corrected chi connectivity index (χ2v) is 6.94. The van der Waals surface area contributed by atoms with Crippen LogP contribution in [-0.4, -0.2) is 45.2 Å². The van der Waals surface area contributed by atoms with Crippen molar-refractivity contribution in [1.29, 1.82) is 0 Å². The molecule has 0 N–H and O–H groups in total. The van der Waals surface area contributed by atoms with E-state index in [1.807, 2.05) is 25.7 Å². The Morgan fingerprint density at radius 3 is 2.68 bits per heavy atom. The lowest BCUT2D eigenvalue weighted by molar-refractivity contribution is -0.140. The summed E-state index contributed by atoms with van der Waals surface area (Å²) in [5, 5.41) is 8.10. The fourth-order valence-corrected chi connectivity index (χ4v) is 3.83. The molecule has 5 heterocycles. The van der Waals surface area contributed by atoms with E-state index >= 15 is 0 Å². The number of rotatable bonds is 4. The fraction of sp³-hybridized carbons (Fsp3) is 0.647. The molecule has 0 aliphatic carbocycles. The minimum atomic E-state index is -0.0252. The predicted molar refractivity (Wildman–Crippen MR) is 88.9 cm³/mol. The first kappa shape index (κ1) is 16.1. The van der Waals surface area contributed by atoms with Crippen LogP contribution in [0.25, 0.3) is 0 Å². The van der Waals surface area contributed by atoms with Gasteiger partial charge in [-0.2, -0.15) is 4.98 Å². The van der Waals surface area contributed by atoms with Crippen LogP contribution in [-0.2, 0) is 17.8 Å². The van der Waals surface area contributed by atoms with E-state index in [9.17, 15) is 4.79 Å². The van der Waals surface area contributed by atoms with E-state index in [4.69, 9.17) is 9.05 Å². The molecule has 0 unspecified atom stereocenters. The van der Waals surface area contributed by atoms with Crippen LogP contribution >= 0.6 is 0 Å². The fourth-order valence-electron chi connectivity index (χ4n) is 3.83. The molecular weight excluding hydrogens is 322 g/mol. The number of hydrogen-bond acceptors (Lipinski definition) is 7. The maximum Gasteiger partial charge on any atom is 0.266 e. The lowest BCUT2D eigenvalue weighted by Crippen LogP contribution is -2.47. The van der Waals surface area contributed by atoms with E-state index in [-0.39, 0.29) is 17.9 Å². The van der Waals surface area contributed by atoms with Crippen LogP contribution in [0, 0.1) is 19.8 Å². The number of nitrogens with zero attached hydrogens (tertiary/aromatic N) is 5. The Morgan fingerprint density at radius 2 is 2.00 bits per heavy atom. The van der Waals surface area contributed by atoms with Gasteiger partial charge >= 0.3 is 0 Å². The maximum absolute atomic E-state index is 13.0. The highest BCUT2D eigenvalue weighted by Crippen LogP contribution is 2.32. The van der Waals surface area contributed by atoms with Crippen molar-refractivity contribution < 1.29 is 13.8 Å². The van der Waals surface area contributed by atoms with Gasteiger partial charge in [0.2, 0.25) is 11.8 Å². The summed E-state index contributed by atoms with van der Waals surface area (Å²) in [4.78, 5) is 21.5. The molecule has 3 saturated heterocycles. The lowest BCUT2D eigenvalue weighted by atomic mass is 9.93. The van der Waals surface area contributed by atoms with Crippen molar-refractivity contribution in [3.8, 4) is 0 Å². The van der Waals surface area contributed by atoms with Crippen molar-refractivity contribution in [2.75, 3.05) is 18.0 Å². The molecule has 0 radical (unpaired) electrons. The van der Waals surface area contributed by atoms with Crippen LogP contribution < -0.4 is 4.90 Å². The highest BCUT2D eigenvalue weighted by atomic mass is 16.5. The second-order valence-electron chi connectivity index (χ2n) is 6.94. The molecule has 3 aliphatic rings. The quantitative estimate of drug-likeness (QED) is 0.835. The summed E-state index contributed by atoms with van der Waals surface area (Å²) < 4.78 is 10.5. The molecule has 0 spiro atoms. The SMILES string of the molecule is CCc1nc(N2C[C@@H]3CC[C@H](C2)N(Cc2c(C)noc2C)C3=O)no1. The summed E-state index contributed by atoms with van der Waals surface area (Å²) in [5.41, 5.74) is 1.87. The van der Waals surface area contributed by atoms with E-state index in [1.54, 1.807) is 0 Å². The van der Waals surface area contributed by atoms with Crippen LogP contribution in [0.4, 0.5) is 5.95 Å². The van der Waals surface area contributed by atoms with Gasteiger partial charge in [-0.25, -0.2) is 0 Å². The first-order valence-electron chi connectivity index (χ1n) is 8.86. The highest BCUT2D eigenvalue weighted by molar-refractivity contribution is 5.81. The zero-order chi connectivity index (χ0) is 17.6. The maximum atomic E-state index is 13.0. The number of amides is 1. The van der Waals surface area contributed by atoms with Crippen LogP contribution in [0.1, 0.15) is 42.7 Å². The van der Waals surface area contributed by atoms with E-state index < -0.39 is 0 Å². The van der Waals surface area contributed by atoms with E-state index in [2.05, 4.69) is 20.2 Å². The number of hydrogen-bond donors (Lipinski definition) is 0. The molecule has 1 amide bonds. The molecule has 2 aromatic heterocycles. The molecule has 2 atom stereocenters. The van der Waals surface area contributed by atoms with Crippen LogP contribution in [0.3, 0.4) is 0 Å². The smallest absolute Gasteiger partial charge is 0.266 e. The summed E-state index contributed by atoms with van der Waals surface area (Å²) in [7, 11) is 0. The first-order chi connectivity index (χ1) is 12.1. The molecule has 8 heteroatoms. The molecule has 2 bridgehead atoms. The Balaban J connectivity index is 1.58. The van der Waals surface area contributed by atoms with Crippen molar-refractivity contribution in [3.05, 3.63) is 22.9 Å². The second kappa shape index (κ2) is 6.16. The number of fused-ring (bicyclic) bond motifs is 4. The van der Waals surface area contributed by atoms with E-state index in [1.165, 1.54) is 0 Å². The van der Waals surface area contributed by atoms with Crippen LogP contribution in [0.5, 0.6) is 0 Å². The van der Waals surface area contributed by atoms with Gasteiger partial charge in [0.05, 0.1) is 18.2 Å². The Labute approximate surface area is 146 Å². The minimum absolute atomic E-state index is 0.0252. The molecule has 0 saturated carbocycles. The topological polar surface area (TPSA) is 88.5 Å². The molecule has 3 aliphatic heterocycles. The summed E-state index contributed by atoms with van der Waals surface area (Å²) in [6, 6.07) is 0.142. The van der Waals surface area contributed by atoms with Crippen LogP contribution in [0.15, 0.2) is 9.05 Å². The predicted octanol–water partition coefficient (Wildman–Crippen LogP) is 1.86. The van der Waals surface area contributed by atoms with E-state index in [0.717, 1.165) is 36.4 Å². The number of carbonyl (C=O) groups is 1. The summed E-state index contributed by atoms with van der Waals surface area (Å²) >= 11 is 0. The molecule has 2 aromatic rings. The minimum Gasteiger partial charge on any atom is -0.361 e. The monoisotopic (exact) mass is 345 g/mol. The third-order valence-corrected chi connectivity index (χ3v) is 5.35. The van der Waals surface area contributed by atoms with Gasteiger partial charge in [-0.05, 0) is 31.8 Å². The molecule has 5 rings (SSSR count). The molecule has 0 aromatic carbocycles. The van der Waals surface area contributed by atoms with Crippen molar-refractivity contribution in [2.24, 2.45) is 5.92 Å². The van der Waals surface area contributed by atoms with Gasteiger partial charge in [0.15, 0.2) is 0 Å². The first-order valence-corrected chi connectivity index (χ1v) is 8.86. The standard InChI is InChI=1S/C17H23N5O3/c1-4-15-18-17(20-25-15)21-7-12-5-6-13(8-21)22(16(12)23)9-14-10(2)19-24-11(14)3/h12-13H,4-9H2,1-3H3/t12-,13+/m0/s1. The third-order valence-electron chi connectivity index (χ3n) is 5.35. The van der Waals surface area contributed by atoms with Gasteiger partial charge < -0.3 is 18.8 Å². The van der Waals surface area contributed by atoms with Gasteiger partial charge in [-0.3, -0.25) is 4.79 Å². The average molecular weight is 345 g/mol. The zero-order valence-corrected chi connectivity index (χ0v) is 14.9. The number of aromatic nitrogens is 3. The molecular formula is C17H23N5O3. The van der Waals surface area contributed by atoms with E-state index in [0.29, 0.717) is 31.3 Å². The number of aryl methyl sites for hydroxylation is 3. The average Bonchev–Trinajstić information content (AvgIpc) is 3.10. The van der Waals surface area contributed by atoms with Gasteiger partial charge in [0.25, 0.3) is 5.95 Å². The molecule has 134 valence electrons. The normalized spacial score (nSPS) is 23.4. The molecule has 3 fully saturated rings. The van der Waals surface area contributed by atoms with Crippen molar-refractivity contribution in [3.63, 3.8) is 0 Å². The highest BCUT2D eigenvalue weighted by Gasteiger charge is 2.42. The summed E-state index contributed by atoms with van der Waals surface area (Å²) in [5.74, 6) is 2.19. The van der Waals surface area contributed by atoms with Gasteiger partial charge in [-0.15, -0.1) is 0 Å². The molecule has 25 heavy (non-hydrogen) atoms. The molecule has 8 nitrogen and oxygen atoms in total. The zero-order valence-electron chi connectivity index (χ0n) is 14.9. The third kappa shape index (κ3) is 2.79. The van der Waals surface area contributed by atoms with Gasteiger partial charge in [-0.1, -0.05) is 12.1 Å². The Bertz CT molecular complexity index is 764. The van der Waals surface area contributed by atoms with Gasteiger partial charge in [0.1, 0.15) is 5.76 Å². The largest absolute Gasteiger partial charge is 0.361 e. The van der Waals surface area contributed by atoms with Crippen LogP contribution in [0.2, 0.25) is 0 Å².